The molecule has 1 fully saturated rings. The van der Waals surface area contributed by atoms with Crippen LogP contribution in [-0.2, 0) is 14.6 Å². The summed E-state index contributed by atoms with van der Waals surface area (Å²) in [4.78, 5) is 10.6. The van der Waals surface area contributed by atoms with Gasteiger partial charge >= 0.3 is 5.97 Å². The average molecular weight is 272 g/mol. The number of aliphatic hydroxyl groups excluding tert-OH is 1. The number of hydrogen-bond acceptors (Lipinski definition) is 5. The Labute approximate surface area is 104 Å². The lowest BCUT2D eigenvalue weighted by Gasteiger charge is -2.26. The van der Waals surface area contributed by atoms with Gasteiger partial charge in [-0.05, 0) is 17.7 Å². The molecule has 0 amide bonds. The fraction of sp³-hybridized carbons (Fsp3) is 0.364. The van der Waals surface area contributed by atoms with Crippen LogP contribution in [0.4, 0.5) is 0 Å². The van der Waals surface area contributed by atoms with Gasteiger partial charge in [-0.25, -0.2) is 13.2 Å². The molecule has 0 aliphatic carbocycles. The smallest absolute Gasteiger partial charge is 0.337 e. The summed E-state index contributed by atoms with van der Waals surface area (Å²) in [5.74, 6) is -1.05. The van der Waals surface area contributed by atoms with Crippen molar-refractivity contribution in [2.45, 2.75) is 12.2 Å². The first-order valence-electron chi connectivity index (χ1n) is 5.25. The van der Waals surface area contributed by atoms with E-state index in [1.54, 1.807) is 12.1 Å². The average Bonchev–Trinajstić information content (AvgIpc) is 2.26. The van der Waals surface area contributed by atoms with E-state index < -0.39 is 28.0 Å². The Morgan fingerprint density at radius 1 is 1.39 bits per heavy atom. The maximum Gasteiger partial charge on any atom is 0.337 e. The van der Waals surface area contributed by atoms with E-state index in [1.165, 1.54) is 12.1 Å². The highest BCUT2D eigenvalue weighted by Crippen LogP contribution is 2.23. The Bertz CT molecular complexity index is 553. The number of carbonyl (C=O) groups is 1. The summed E-state index contributed by atoms with van der Waals surface area (Å²) < 4.78 is 27.3. The van der Waals surface area contributed by atoms with Gasteiger partial charge in [0, 0.05) is 0 Å². The molecule has 1 aliphatic heterocycles. The normalized spacial score (nSPS) is 19.8. The van der Waals surface area contributed by atoms with Gasteiger partial charge in [-0.1, -0.05) is 12.1 Å². The topological polar surface area (TPSA) is 101 Å². The second-order valence-electron chi connectivity index (χ2n) is 4.13. The summed E-state index contributed by atoms with van der Waals surface area (Å²) in [7, 11) is -2.96. The van der Waals surface area contributed by atoms with Crippen molar-refractivity contribution in [3.05, 3.63) is 29.8 Å². The molecule has 0 aromatic heterocycles. The van der Waals surface area contributed by atoms with Crippen LogP contribution in [-0.4, -0.2) is 42.2 Å². The van der Waals surface area contributed by atoms with Crippen molar-refractivity contribution in [2.24, 2.45) is 0 Å². The summed E-state index contributed by atoms with van der Waals surface area (Å²) in [6, 6.07) is 5.99. The SMILES string of the molecule is O=C(O)C(O)c1cccc(OC2CS(=O)(=O)C2)c1. The van der Waals surface area contributed by atoms with Gasteiger partial charge < -0.3 is 14.9 Å². The van der Waals surface area contributed by atoms with Crippen LogP contribution in [0.15, 0.2) is 24.3 Å². The standard InChI is InChI=1S/C11H12O6S/c12-10(11(13)14)7-2-1-3-8(4-7)17-9-5-18(15,16)6-9/h1-4,9-10,12H,5-6H2,(H,13,14). The van der Waals surface area contributed by atoms with E-state index in [-0.39, 0.29) is 17.1 Å². The highest BCUT2D eigenvalue weighted by molar-refractivity contribution is 7.92. The number of sulfone groups is 1. The minimum Gasteiger partial charge on any atom is -0.488 e. The Kier molecular flexibility index (Phi) is 3.27. The number of hydrogen-bond donors (Lipinski definition) is 2. The molecule has 1 saturated heterocycles. The number of benzene rings is 1. The zero-order chi connectivity index (χ0) is 13.3. The van der Waals surface area contributed by atoms with Gasteiger partial charge in [0.25, 0.3) is 0 Å². The van der Waals surface area contributed by atoms with Crippen LogP contribution >= 0.6 is 0 Å². The molecule has 6 nitrogen and oxygen atoms in total. The van der Waals surface area contributed by atoms with Gasteiger partial charge in [0.15, 0.2) is 15.9 Å². The van der Waals surface area contributed by atoms with E-state index >= 15 is 0 Å². The van der Waals surface area contributed by atoms with E-state index in [9.17, 15) is 18.3 Å². The predicted molar refractivity (Wildman–Crippen MR) is 62.1 cm³/mol. The molecule has 2 rings (SSSR count). The highest BCUT2D eigenvalue weighted by Gasteiger charge is 2.35. The minimum atomic E-state index is -2.96. The summed E-state index contributed by atoms with van der Waals surface area (Å²) in [5, 5.41) is 18.0. The zero-order valence-corrected chi connectivity index (χ0v) is 10.1. The Morgan fingerprint density at radius 2 is 2.06 bits per heavy atom. The Hall–Kier alpha value is -1.60. The molecular weight excluding hydrogens is 260 g/mol. The van der Waals surface area contributed by atoms with Gasteiger partial charge in [-0.3, -0.25) is 0 Å². The van der Waals surface area contributed by atoms with Crippen LogP contribution in [0.1, 0.15) is 11.7 Å². The summed E-state index contributed by atoms with van der Waals surface area (Å²) in [6.45, 7) is 0. The molecule has 1 aliphatic rings. The Balaban J connectivity index is 2.06. The molecule has 0 saturated carbocycles. The molecule has 98 valence electrons. The van der Waals surface area contributed by atoms with Gasteiger partial charge in [0.05, 0.1) is 11.5 Å². The lowest BCUT2D eigenvalue weighted by atomic mass is 10.1. The van der Waals surface area contributed by atoms with Crippen LogP contribution in [0, 0.1) is 0 Å². The van der Waals surface area contributed by atoms with Crippen molar-refractivity contribution in [1.82, 2.24) is 0 Å². The van der Waals surface area contributed by atoms with Crippen molar-refractivity contribution in [3.8, 4) is 5.75 Å². The maximum atomic E-state index is 11.0. The van der Waals surface area contributed by atoms with E-state index in [0.717, 1.165) is 0 Å². The first kappa shape index (κ1) is 12.8. The molecule has 1 atom stereocenters. The van der Waals surface area contributed by atoms with E-state index in [2.05, 4.69) is 0 Å². The van der Waals surface area contributed by atoms with Crippen molar-refractivity contribution in [1.29, 1.82) is 0 Å². The molecule has 0 spiro atoms. The fourth-order valence-electron chi connectivity index (χ4n) is 1.68. The van der Waals surface area contributed by atoms with Gasteiger partial charge in [0.1, 0.15) is 11.9 Å². The number of aliphatic carboxylic acids is 1. The summed E-state index contributed by atoms with van der Waals surface area (Å²) >= 11 is 0. The molecule has 2 N–H and O–H groups in total. The van der Waals surface area contributed by atoms with Crippen LogP contribution < -0.4 is 4.74 Å². The number of aliphatic hydroxyl groups is 1. The molecule has 1 aromatic carbocycles. The maximum absolute atomic E-state index is 11.0. The monoisotopic (exact) mass is 272 g/mol. The molecule has 1 aromatic rings. The Morgan fingerprint density at radius 3 is 2.61 bits per heavy atom. The van der Waals surface area contributed by atoms with Gasteiger partial charge in [-0.15, -0.1) is 0 Å². The fourth-order valence-corrected chi connectivity index (χ4v) is 2.85. The first-order valence-corrected chi connectivity index (χ1v) is 7.07. The quantitative estimate of drug-likeness (QED) is 0.799. The zero-order valence-electron chi connectivity index (χ0n) is 9.31. The van der Waals surface area contributed by atoms with Crippen LogP contribution in [0.2, 0.25) is 0 Å². The number of carboxylic acids is 1. The highest BCUT2D eigenvalue weighted by atomic mass is 32.2. The van der Waals surface area contributed by atoms with E-state index in [0.29, 0.717) is 5.75 Å². The third-order valence-electron chi connectivity index (χ3n) is 2.59. The van der Waals surface area contributed by atoms with E-state index in [4.69, 9.17) is 9.84 Å². The van der Waals surface area contributed by atoms with Crippen molar-refractivity contribution in [3.63, 3.8) is 0 Å². The summed E-state index contributed by atoms with van der Waals surface area (Å²) in [5.41, 5.74) is 0.196. The number of ether oxygens (including phenoxy) is 1. The summed E-state index contributed by atoms with van der Waals surface area (Å²) in [6.07, 6.45) is -2.01. The third kappa shape index (κ3) is 2.80. The van der Waals surface area contributed by atoms with Gasteiger partial charge in [0.2, 0.25) is 0 Å². The number of rotatable bonds is 4. The largest absolute Gasteiger partial charge is 0.488 e. The molecular formula is C11H12O6S. The van der Waals surface area contributed by atoms with Crippen LogP contribution in [0.3, 0.4) is 0 Å². The molecule has 7 heteroatoms. The first-order chi connectivity index (χ1) is 8.37. The predicted octanol–water partition coefficient (Wildman–Crippen LogP) is -0.0196. The second-order valence-corrected chi connectivity index (χ2v) is 6.28. The molecule has 0 bridgehead atoms. The molecule has 1 unspecified atom stereocenters. The lowest BCUT2D eigenvalue weighted by molar-refractivity contribution is -0.146. The lowest BCUT2D eigenvalue weighted by Crippen LogP contribution is -2.45. The van der Waals surface area contributed by atoms with Crippen molar-refractivity contribution in [2.75, 3.05) is 11.5 Å². The van der Waals surface area contributed by atoms with Crippen molar-refractivity contribution < 1.29 is 28.2 Å². The molecule has 18 heavy (non-hydrogen) atoms. The molecule has 1 heterocycles. The van der Waals surface area contributed by atoms with Crippen molar-refractivity contribution >= 4 is 15.8 Å². The third-order valence-corrected chi connectivity index (χ3v) is 4.35. The second kappa shape index (κ2) is 4.58. The van der Waals surface area contributed by atoms with Crippen LogP contribution in [0.25, 0.3) is 0 Å². The number of carboxylic acid groups (broad SMARTS) is 1. The van der Waals surface area contributed by atoms with Gasteiger partial charge in [-0.2, -0.15) is 0 Å². The van der Waals surface area contributed by atoms with Crippen LogP contribution in [0.5, 0.6) is 5.75 Å². The minimum absolute atomic E-state index is 0.0291. The molecule has 0 radical (unpaired) electrons. The van der Waals surface area contributed by atoms with E-state index in [1.807, 2.05) is 0 Å².